The van der Waals surface area contributed by atoms with Crippen molar-refractivity contribution >= 4 is 0 Å². The maximum atomic E-state index is 3.72. The first-order valence-electron chi connectivity index (χ1n) is 7.09. The molecule has 0 unspecified atom stereocenters. The summed E-state index contributed by atoms with van der Waals surface area (Å²) in [5.41, 5.74) is 3.72. The molecule has 0 saturated carbocycles. The van der Waals surface area contributed by atoms with Gasteiger partial charge in [-0.05, 0) is 46.8 Å². The molecule has 0 aromatic heterocycles. The predicted octanol–water partition coefficient (Wildman–Crippen LogP) is 0.611. The SMILES string of the molecule is CC(C)N1CCC(NN2CCN(C)CC2)CC1. The van der Waals surface area contributed by atoms with Gasteiger partial charge in [0.15, 0.2) is 0 Å². The summed E-state index contributed by atoms with van der Waals surface area (Å²) in [6.45, 7) is 11.8. The molecule has 4 nitrogen and oxygen atoms in total. The minimum Gasteiger partial charge on any atom is -0.304 e. The number of piperidine rings is 1. The Kier molecular flexibility index (Phi) is 4.79. The lowest BCUT2D eigenvalue weighted by Crippen LogP contribution is -2.56. The van der Waals surface area contributed by atoms with Crippen LogP contribution in [0, 0.1) is 0 Å². The molecule has 4 heteroatoms. The fraction of sp³-hybridized carbons (Fsp3) is 1.00. The molecule has 100 valence electrons. The molecule has 2 aliphatic heterocycles. The van der Waals surface area contributed by atoms with Crippen LogP contribution in [0.15, 0.2) is 0 Å². The van der Waals surface area contributed by atoms with E-state index in [1.54, 1.807) is 0 Å². The highest BCUT2D eigenvalue weighted by Gasteiger charge is 2.23. The first kappa shape index (κ1) is 13.3. The summed E-state index contributed by atoms with van der Waals surface area (Å²) >= 11 is 0. The molecule has 0 radical (unpaired) electrons. The lowest BCUT2D eigenvalue weighted by atomic mass is 10.0. The summed E-state index contributed by atoms with van der Waals surface area (Å²) in [6.07, 6.45) is 2.59. The summed E-state index contributed by atoms with van der Waals surface area (Å²) in [7, 11) is 2.21. The lowest BCUT2D eigenvalue weighted by molar-refractivity contribution is 0.0618. The van der Waals surface area contributed by atoms with Crippen LogP contribution < -0.4 is 5.43 Å². The summed E-state index contributed by atoms with van der Waals surface area (Å²) in [5.74, 6) is 0. The van der Waals surface area contributed by atoms with E-state index in [0.29, 0.717) is 12.1 Å². The second-order valence-electron chi connectivity index (χ2n) is 5.82. The molecule has 0 aromatic rings. The molecule has 0 spiro atoms. The largest absolute Gasteiger partial charge is 0.304 e. The summed E-state index contributed by atoms with van der Waals surface area (Å²) in [6, 6.07) is 1.41. The van der Waals surface area contributed by atoms with Gasteiger partial charge in [0.05, 0.1) is 0 Å². The topological polar surface area (TPSA) is 21.8 Å². The minimum atomic E-state index is 0.702. The number of hydrogen-bond acceptors (Lipinski definition) is 4. The van der Waals surface area contributed by atoms with Gasteiger partial charge >= 0.3 is 0 Å². The number of nitrogens with zero attached hydrogens (tertiary/aromatic N) is 3. The highest BCUT2D eigenvalue weighted by molar-refractivity contribution is 4.79. The second kappa shape index (κ2) is 6.14. The van der Waals surface area contributed by atoms with Crippen LogP contribution in [0.1, 0.15) is 26.7 Å². The number of rotatable bonds is 3. The van der Waals surface area contributed by atoms with E-state index in [-0.39, 0.29) is 0 Å². The Bertz CT molecular complexity index is 215. The monoisotopic (exact) mass is 240 g/mol. The number of hydrazine groups is 1. The number of likely N-dealkylation sites (tertiary alicyclic amines) is 1. The third-order valence-corrected chi connectivity index (χ3v) is 4.13. The van der Waals surface area contributed by atoms with Gasteiger partial charge in [-0.1, -0.05) is 0 Å². The number of nitrogens with one attached hydrogen (secondary N) is 1. The molecule has 2 saturated heterocycles. The van der Waals surface area contributed by atoms with E-state index in [1.807, 2.05) is 0 Å². The van der Waals surface area contributed by atoms with Crippen LogP contribution in [0.3, 0.4) is 0 Å². The molecule has 2 aliphatic rings. The Morgan fingerprint density at radius 1 is 0.941 bits per heavy atom. The Labute approximate surface area is 106 Å². The molecular weight excluding hydrogens is 212 g/mol. The third kappa shape index (κ3) is 3.91. The van der Waals surface area contributed by atoms with Gasteiger partial charge in [-0.25, -0.2) is 5.01 Å². The Hall–Kier alpha value is -0.160. The Morgan fingerprint density at radius 3 is 2.06 bits per heavy atom. The lowest BCUT2D eigenvalue weighted by Gasteiger charge is -2.39. The van der Waals surface area contributed by atoms with Crippen LogP contribution in [0.25, 0.3) is 0 Å². The summed E-state index contributed by atoms with van der Waals surface area (Å²) < 4.78 is 0. The van der Waals surface area contributed by atoms with Crippen molar-refractivity contribution in [2.75, 3.05) is 46.3 Å². The van der Waals surface area contributed by atoms with Crippen molar-refractivity contribution in [2.45, 2.75) is 38.8 Å². The number of likely N-dealkylation sites (N-methyl/N-ethyl adjacent to an activating group) is 1. The van der Waals surface area contributed by atoms with E-state index >= 15 is 0 Å². The first-order chi connectivity index (χ1) is 8.15. The van der Waals surface area contributed by atoms with Gasteiger partial charge in [0.2, 0.25) is 0 Å². The van der Waals surface area contributed by atoms with Crippen LogP contribution in [0.4, 0.5) is 0 Å². The van der Waals surface area contributed by atoms with Crippen LogP contribution >= 0.6 is 0 Å². The standard InChI is InChI=1S/C13H28N4/c1-12(2)16-6-4-13(5-7-16)14-17-10-8-15(3)9-11-17/h12-14H,4-11H2,1-3H3. The van der Waals surface area contributed by atoms with Crippen molar-refractivity contribution in [1.82, 2.24) is 20.2 Å². The molecule has 0 aromatic carbocycles. The van der Waals surface area contributed by atoms with Crippen molar-refractivity contribution < 1.29 is 0 Å². The quantitative estimate of drug-likeness (QED) is 0.780. The van der Waals surface area contributed by atoms with Gasteiger partial charge in [0.25, 0.3) is 0 Å². The molecule has 0 bridgehead atoms. The van der Waals surface area contributed by atoms with E-state index in [2.05, 4.69) is 41.1 Å². The smallest absolute Gasteiger partial charge is 0.0259 e. The summed E-state index contributed by atoms with van der Waals surface area (Å²) in [4.78, 5) is 4.99. The highest BCUT2D eigenvalue weighted by atomic mass is 15.5. The van der Waals surface area contributed by atoms with E-state index in [9.17, 15) is 0 Å². The van der Waals surface area contributed by atoms with Crippen LogP contribution in [0.5, 0.6) is 0 Å². The number of hydrogen-bond donors (Lipinski definition) is 1. The van der Waals surface area contributed by atoms with Gasteiger partial charge in [-0.3, -0.25) is 5.43 Å². The zero-order valence-corrected chi connectivity index (χ0v) is 11.7. The highest BCUT2D eigenvalue weighted by Crippen LogP contribution is 2.13. The van der Waals surface area contributed by atoms with Crippen molar-refractivity contribution in [2.24, 2.45) is 0 Å². The Morgan fingerprint density at radius 2 is 1.53 bits per heavy atom. The molecule has 0 amide bonds. The normalized spacial score (nSPS) is 26.8. The molecule has 2 fully saturated rings. The third-order valence-electron chi connectivity index (χ3n) is 4.13. The van der Waals surface area contributed by atoms with Crippen molar-refractivity contribution in [1.29, 1.82) is 0 Å². The van der Waals surface area contributed by atoms with Gasteiger partial charge in [0.1, 0.15) is 0 Å². The maximum absolute atomic E-state index is 3.72. The van der Waals surface area contributed by atoms with Crippen molar-refractivity contribution in [3.8, 4) is 0 Å². The van der Waals surface area contributed by atoms with E-state index < -0.39 is 0 Å². The van der Waals surface area contributed by atoms with Crippen LogP contribution in [-0.2, 0) is 0 Å². The van der Waals surface area contributed by atoms with Crippen LogP contribution in [0.2, 0.25) is 0 Å². The van der Waals surface area contributed by atoms with Gasteiger partial charge in [-0.2, -0.15) is 0 Å². The average molecular weight is 240 g/mol. The zero-order chi connectivity index (χ0) is 12.3. The predicted molar refractivity (Wildman–Crippen MR) is 71.9 cm³/mol. The van der Waals surface area contributed by atoms with Crippen molar-refractivity contribution in [3.63, 3.8) is 0 Å². The van der Waals surface area contributed by atoms with E-state index in [0.717, 1.165) is 0 Å². The first-order valence-corrected chi connectivity index (χ1v) is 7.09. The second-order valence-corrected chi connectivity index (χ2v) is 5.82. The fourth-order valence-corrected chi connectivity index (χ4v) is 2.74. The molecule has 0 aliphatic carbocycles. The van der Waals surface area contributed by atoms with Crippen LogP contribution in [-0.4, -0.2) is 73.2 Å². The molecule has 1 N–H and O–H groups in total. The van der Waals surface area contributed by atoms with Gasteiger partial charge in [-0.15, -0.1) is 0 Å². The average Bonchev–Trinajstić information content (AvgIpc) is 2.33. The fourth-order valence-electron chi connectivity index (χ4n) is 2.74. The Balaban J connectivity index is 1.67. The van der Waals surface area contributed by atoms with Gasteiger partial charge in [0, 0.05) is 38.3 Å². The molecule has 2 rings (SSSR count). The minimum absolute atomic E-state index is 0.702. The molecule has 17 heavy (non-hydrogen) atoms. The molecular formula is C13H28N4. The number of piperazine rings is 1. The van der Waals surface area contributed by atoms with Gasteiger partial charge < -0.3 is 9.80 Å². The maximum Gasteiger partial charge on any atom is 0.0259 e. The molecule has 0 atom stereocenters. The zero-order valence-electron chi connectivity index (χ0n) is 11.7. The van der Waals surface area contributed by atoms with E-state index in [1.165, 1.54) is 52.1 Å². The van der Waals surface area contributed by atoms with Crippen molar-refractivity contribution in [3.05, 3.63) is 0 Å². The molecule has 2 heterocycles. The van der Waals surface area contributed by atoms with E-state index in [4.69, 9.17) is 0 Å². The summed E-state index contributed by atoms with van der Waals surface area (Å²) in [5, 5.41) is 2.43.